The minimum absolute atomic E-state index is 0.0449. The molecule has 12 heteroatoms. The van der Waals surface area contributed by atoms with Gasteiger partial charge < -0.3 is 25.7 Å². The number of primary amides is 1. The lowest BCUT2D eigenvalue weighted by molar-refractivity contribution is -0.181. The van der Waals surface area contributed by atoms with Crippen LogP contribution in [0.15, 0.2) is 59.2 Å². The van der Waals surface area contributed by atoms with Crippen LogP contribution in [-0.4, -0.2) is 75.8 Å². The van der Waals surface area contributed by atoms with Crippen LogP contribution in [-0.2, 0) is 25.6 Å². The summed E-state index contributed by atoms with van der Waals surface area (Å²) in [6.45, 7) is 0. The number of carbonyl (C=O) groups excluding carboxylic acids is 6. The van der Waals surface area contributed by atoms with Crippen molar-refractivity contribution < 1.29 is 43.4 Å². The van der Waals surface area contributed by atoms with Gasteiger partial charge in [0.05, 0.1) is 23.8 Å². The number of carbonyl (C=O) groups is 6. The fourth-order valence-electron chi connectivity index (χ4n) is 7.21. The predicted molar refractivity (Wildman–Crippen MR) is 153 cm³/mol. The number of phenols is 1. The summed E-state index contributed by atoms with van der Waals surface area (Å²) in [6.07, 6.45) is 1.48. The molecule has 0 bridgehead atoms. The molecule has 0 spiro atoms. The van der Waals surface area contributed by atoms with E-state index in [2.05, 4.69) is 5.32 Å². The molecule has 6 rings (SSSR count). The molecular formula is C32H29N3O9. The van der Waals surface area contributed by atoms with E-state index < -0.39 is 70.3 Å². The third kappa shape index (κ3) is 4.20. The number of anilines is 1. The third-order valence-electron chi connectivity index (χ3n) is 9.14. The monoisotopic (exact) mass is 599 g/mol. The third-order valence-corrected chi connectivity index (χ3v) is 9.14. The van der Waals surface area contributed by atoms with Crippen molar-refractivity contribution in [2.75, 3.05) is 19.4 Å². The van der Waals surface area contributed by atoms with Gasteiger partial charge in [0.25, 0.3) is 5.91 Å². The summed E-state index contributed by atoms with van der Waals surface area (Å²) in [7, 11) is 3.07. The lowest BCUT2D eigenvalue weighted by Gasteiger charge is -2.52. The standard InChI is InChI=1S/C32H29N3O9/c1-35(2)25-19-13-15-12-18-17(14-5-7-16(8-6-14)34-31(42)21-4-3-11-44-21)9-10-20(36)23(18)26(37)22(15)28(39)32(19,43)29(40)24(27(25)38)30(33)41/h3-11,15,19,22,24-25,36,43H,12-13H2,1-2H3,(H2,33,41)(H,34,42)/t15-,19-,22?,24?,25-,32-/m1/s1. The number of aliphatic hydroxyl groups is 1. The van der Waals surface area contributed by atoms with Gasteiger partial charge in [-0.15, -0.1) is 0 Å². The maximum absolute atomic E-state index is 14.0. The maximum Gasteiger partial charge on any atom is 0.291 e. The van der Waals surface area contributed by atoms with Crippen molar-refractivity contribution in [1.29, 1.82) is 0 Å². The number of fused-ring (bicyclic) bond motifs is 3. The highest BCUT2D eigenvalue weighted by Crippen LogP contribution is 2.51. The molecule has 3 aromatic rings. The summed E-state index contributed by atoms with van der Waals surface area (Å²) in [5.74, 6) is -11.3. The Hall–Kier alpha value is -4.94. The van der Waals surface area contributed by atoms with Crippen molar-refractivity contribution >= 4 is 40.6 Å². The van der Waals surface area contributed by atoms with Gasteiger partial charge in [-0.05, 0) is 79.9 Å². The molecule has 6 atom stereocenters. The van der Waals surface area contributed by atoms with Crippen molar-refractivity contribution in [2.24, 2.45) is 29.4 Å². The van der Waals surface area contributed by atoms with Crippen molar-refractivity contribution in [1.82, 2.24) is 4.90 Å². The second-order valence-electron chi connectivity index (χ2n) is 11.8. The van der Waals surface area contributed by atoms with E-state index >= 15 is 0 Å². The lowest BCUT2D eigenvalue weighted by atomic mass is 9.52. The van der Waals surface area contributed by atoms with Crippen LogP contribution >= 0.6 is 0 Å². The van der Waals surface area contributed by atoms with E-state index in [9.17, 15) is 39.0 Å². The first-order chi connectivity index (χ1) is 20.9. The molecule has 3 aliphatic rings. The fourth-order valence-corrected chi connectivity index (χ4v) is 7.21. The molecule has 2 amide bonds. The Balaban J connectivity index is 1.38. The van der Waals surface area contributed by atoms with Crippen molar-refractivity contribution in [3.8, 4) is 16.9 Å². The molecule has 1 heterocycles. The van der Waals surface area contributed by atoms with Crippen LogP contribution in [0.2, 0.25) is 0 Å². The Morgan fingerprint density at radius 1 is 1.02 bits per heavy atom. The number of nitrogens with one attached hydrogen (secondary N) is 1. The van der Waals surface area contributed by atoms with E-state index in [1.807, 2.05) is 0 Å². The highest BCUT2D eigenvalue weighted by atomic mass is 16.3. The summed E-state index contributed by atoms with van der Waals surface area (Å²) in [4.78, 5) is 80.5. The quantitative estimate of drug-likeness (QED) is 0.311. The van der Waals surface area contributed by atoms with Crippen LogP contribution in [0.1, 0.15) is 32.9 Å². The number of nitrogens with two attached hydrogens (primary N) is 1. The molecule has 0 radical (unpaired) electrons. The number of benzene rings is 2. The van der Waals surface area contributed by atoms with Crippen molar-refractivity contribution in [3.63, 3.8) is 0 Å². The number of ketones is 4. The summed E-state index contributed by atoms with van der Waals surface area (Å²) in [6, 6.07) is 11.7. The molecular weight excluding hydrogens is 570 g/mol. The van der Waals surface area contributed by atoms with Gasteiger partial charge in [0, 0.05) is 11.6 Å². The zero-order chi connectivity index (χ0) is 31.7. The Kier molecular flexibility index (Phi) is 6.86. The van der Waals surface area contributed by atoms with Crippen molar-refractivity contribution in [2.45, 2.75) is 24.5 Å². The lowest BCUT2D eigenvalue weighted by Crippen LogP contribution is -2.74. The van der Waals surface area contributed by atoms with Crippen LogP contribution < -0.4 is 11.1 Å². The molecule has 2 saturated carbocycles. The molecule has 2 aromatic carbocycles. The zero-order valence-electron chi connectivity index (χ0n) is 23.8. The van der Waals surface area contributed by atoms with E-state index in [0.717, 1.165) is 0 Å². The fraction of sp³-hybridized carbons (Fsp3) is 0.312. The average molecular weight is 600 g/mol. The molecule has 1 aromatic heterocycles. The largest absolute Gasteiger partial charge is 0.507 e. The van der Waals surface area contributed by atoms with Gasteiger partial charge in [0.1, 0.15) is 5.75 Å². The van der Waals surface area contributed by atoms with E-state index in [1.54, 1.807) is 36.4 Å². The Morgan fingerprint density at radius 3 is 2.34 bits per heavy atom. The van der Waals surface area contributed by atoms with Crippen molar-refractivity contribution in [3.05, 3.63) is 71.7 Å². The number of phenolic OH excluding ortho intramolecular Hbond substituents is 1. The van der Waals surface area contributed by atoms with E-state index in [0.29, 0.717) is 22.4 Å². The molecule has 5 N–H and O–H groups in total. The van der Waals surface area contributed by atoms with Gasteiger partial charge in [-0.3, -0.25) is 33.7 Å². The van der Waals surface area contributed by atoms with Gasteiger partial charge in [0.2, 0.25) is 5.91 Å². The number of Topliss-reactive ketones (excluding diaryl/α,β-unsaturated/α-hetero) is 4. The molecule has 12 nitrogen and oxygen atoms in total. The first-order valence-electron chi connectivity index (χ1n) is 14.0. The van der Waals surface area contributed by atoms with Gasteiger partial charge >= 0.3 is 0 Å². The van der Waals surface area contributed by atoms with Crippen LogP contribution in [0.4, 0.5) is 5.69 Å². The first kappa shape index (κ1) is 29.1. The molecule has 3 aliphatic carbocycles. The number of hydrogen-bond acceptors (Lipinski definition) is 10. The second kappa shape index (κ2) is 10.4. The van der Waals surface area contributed by atoms with Gasteiger partial charge in [-0.2, -0.15) is 0 Å². The molecule has 2 fully saturated rings. The SMILES string of the molecule is CN(C)[C@H]1C(=O)C(C(N)=O)C(=O)[C@]2(O)C(=O)C3C(=O)c4c(O)ccc(-c5ccc(NC(=O)c6ccco6)cc5)c4C[C@@H]3C[C@H]12. The summed E-state index contributed by atoms with van der Waals surface area (Å²) < 4.78 is 5.11. The van der Waals surface area contributed by atoms with E-state index in [-0.39, 0.29) is 29.9 Å². The minimum Gasteiger partial charge on any atom is -0.507 e. The average Bonchev–Trinajstić information content (AvgIpc) is 3.51. The smallest absolute Gasteiger partial charge is 0.291 e. The number of furan rings is 1. The molecule has 0 aliphatic heterocycles. The summed E-state index contributed by atoms with van der Waals surface area (Å²) in [5.41, 5.74) is 4.73. The van der Waals surface area contributed by atoms with Gasteiger partial charge in [-0.1, -0.05) is 18.2 Å². The van der Waals surface area contributed by atoms with E-state index in [4.69, 9.17) is 10.2 Å². The molecule has 44 heavy (non-hydrogen) atoms. The maximum atomic E-state index is 14.0. The topological polar surface area (TPSA) is 197 Å². The highest BCUT2D eigenvalue weighted by molar-refractivity contribution is 6.32. The van der Waals surface area contributed by atoms with Crippen LogP contribution in [0, 0.1) is 23.7 Å². The number of nitrogens with zero attached hydrogens (tertiary/aromatic N) is 1. The number of amides is 2. The molecule has 0 saturated heterocycles. The normalized spacial score (nSPS) is 27.9. The highest BCUT2D eigenvalue weighted by Gasteiger charge is 2.69. The molecule has 2 unspecified atom stereocenters. The number of likely N-dealkylation sites (N-methyl/N-ethyl adjacent to an activating group) is 1. The number of hydrogen-bond donors (Lipinski definition) is 4. The first-order valence-corrected chi connectivity index (χ1v) is 14.0. The number of aromatic hydroxyl groups is 1. The number of rotatable bonds is 5. The summed E-state index contributed by atoms with van der Waals surface area (Å²) >= 11 is 0. The van der Waals surface area contributed by atoms with Gasteiger partial charge in [-0.25, -0.2) is 0 Å². The Bertz CT molecular complexity index is 1740. The Labute approximate surface area is 250 Å². The molecule has 226 valence electrons. The van der Waals surface area contributed by atoms with Gasteiger partial charge in [0.15, 0.2) is 40.4 Å². The zero-order valence-corrected chi connectivity index (χ0v) is 23.8. The van der Waals surface area contributed by atoms with Crippen LogP contribution in [0.3, 0.4) is 0 Å². The second-order valence-corrected chi connectivity index (χ2v) is 11.8. The van der Waals surface area contributed by atoms with E-state index in [1.165, 1.54) is 37.4 Å². The Morgan fingerprint density at radius 2 is 1.73 bits per heavy atom. The van der Waals surface area contributed by atoms with Crippen LogP contribution in [0.25, 0.3) is 11.1 Å². The predicted octanol–water partition coefficient (Wildman–Crippen LogP) is 1.38. The summed E-state index contributed by atoms with van der Waals surface area (Å²) in [5, 5.41) is 25.2. The van der Waals surface area contributed by atoms with Crippen LogP contribution in [0.5, 0.6) is 5.75 Å². The minimum atomic E-state index is -2.78.